The summed E-state index contributed by atoms with van der Waals surface area (Å²) < 4.78 is 13.6. The lowest BCUT2D eigenvalue weighted by molar-refractivity contribution is -0.183. The fraction of sp³-hybridized carbons (Fsp3) is 0.250. The minimum absolute atomic E-state index is 0.0330. The van der Waals surface area contributed by atoms with Crippen LogP contribution in [-0.4, -0.2) is 14.1 Å². The van der Waals surface area contributed by atoms with E-state index in [1.54, 1.807) is 12.1 Å². The maximum absolute atomic E-state index is 13.6. The number of hydrogen-bond acceptors (Lipinski definition) is 3. The van der Waals surface area contributed by atoms with Crippen molar-refractivity contribution < 1.29 is 14.1 Å². The van der Waals surface area contributed by atoms with Gasteiger partial charge in [-0.05, 0) is 11.6 Å². The zero-order valence-corrected chi connectivity index (χ0v) is 8.05. The molecule has 2 N–H and O–H groups in total. The number of anilines is 1. The van der Waals surface area contributed by atoms with Gasteiger partial charge in [-0.15, -0.1) is 0 Å². The summed E-state index contributed by atoms with van der Waals surface area (Å²) in [5.74, 6) is -0.584. The maximum Gasteiger partial charge on any atom is 0.333 e. The SMILES string of the molecule is Nc1ccc(C2BOOC2)c(F)c1Cl. The Morgan fingerprint density at radius 1 is 1.57 bits per heavy atom. The van der Waals surface area contributed by atoms with Crippen LogP contribution in [0.3, 0.4) is 0 Å². The Hall–Kier alpha value is -0.775. The first-order valence-corrected chi connectivity index (χ1v) is 4.55. The van der Waals surface area contributed by atoms with Gasteiger partial charge in [-0.25, -0.2) is 4.39 Å². The molecule has 74 valence electrons. The molecule has 6 heteroatoms. The minimum atomic E-state index is -0.481. The number of rotatable bonds is 1. The van der Waals surface area contributed by atoms with Gasteiger partial charge in [0.2, 0.25) is 0 Å². The van der Waals surface area contributed by atoms with Gasteiger partial charge < -0.3 is 10.5 Å². The third-order valence-electron chi connectivity index (χ3n) is 2.20. The van der Waals surface area contributed by atoms with Crippen molar-refractivity contribution in [3.8, 4) is 0 Å². The van der Waals surface area contributed by atoms with Gasteiger partial charge in [-0.3, -0.25) is 4.89 Å². The summed E-state index contributed by atoms with van der Waals surface area (Å²) in [6, 6.07) is 3.19. The van der Waals surface area contributed by atoms with Gasteiger partial charge in [-0.1, -0.05) is 17.7 Å². The molecule has 1 aliphatic rings. The van der Waals surface area contributed by atoms with Crippen LogP contribution in [0, 0.1) is 5.82 Å². The summed E-state index contributed by atoms with van der Waals surface area (Å²) in [4.78, 5) is 9.39. The minimum Gasteiger partial charge on any atom is -0.397 e. The fourth-order valence-corrected chi connectivity index (χ4v) is 1.55. The molecule has 3 nitrogen and oxygen atoms in total. The van der Waals surface area contributed by atoms with Crippen LogP contribution >= 0.6 is 11.6 Å². The molecule has 14 heavy (non-hydrogen) atoms. The van der Waals surface area contributed by atoms with Crippen molar-refractivity contribution in [1.29, 1.82) is 0 Å². The van der Waals surface area contributed by atoms with E-state index < -0.39 is 5.82 Å². The highest BCUT2D eigenvalue weighted by Crippen LogP contribution is 2.30. The van der Waals surface area contributed by atoms with E-state index >= 15 is 0 Å². The van der Waals surface area contributed by atoms with Crippen molar-refractivity contribution in [3.63, 3.8) is 0 Å². The molecule has 0 radical (unpaired) electrons. The summed E-state index contributed by atoms with van der Waals surface area (Å²) in [5, 5.41) is -0.0330. The summed E-state index contributed by atoms with van der Waals surface area (Å²) in [6.07, 6.45) is 0. The predicted octanol–water partition coefficient (Wildman–Crippen LogP) is 1.42. The van der Waals surface area contributed by atoms with Gasteiger partial charge in [0.15, 0.2) is 0 Å². The van der Waals surface area contributed by atoms with Crippen LogP contribution in [0.15, 0.2) is 12.1 Å². The van der Waals surface area contributed by atoms with E-state index in [1.165, 1.54) is 0 Å². The molecular weight excluding hydrogens is 207 g/mol. The Balaban J connectivity index is 2.38. The first-order valence-electron chi connectivity index (χ1n) is 4.18. The number of benzene rings is 1. The second-order valence-corrected chi connectivity index (χ2v) is 3.52. The summed E-state index contributed by atoms with van der Waals surface area (Å²) >= 11 is 5.68. The van der Waals surface area contributed by atoms with Gasteiger partial charge in [-0.2, -0.15) is 0 Å². The van der Waals surface area contributed by atoms with Gasteiger partial charge in [0.25, 0.3) is 0 Å². The van der Waals surface area contributed by atoms with Crippen LogP contribution in [0.25, 0.3) is 0 Å². The van der Waals surface area contributed by atoms with Gasteiger partial charge in [0.05, 0.1) is 17.3 Å². The van der Waals surface area contributed by atoms with E-state index in [2.05, 4.69) is 0 Å². The second-order valence-electron chi connectivity index (χ2n) is 3.14. The topological polar surface area (TPSA) is 44.5 Å². The van der Waals surface area contributed by atoms with Crippen molar-refractivity contribution in [2.75, 3.05) is 12.3 Å². The third kappa shape index (κ3) is 1.58. The Kier molecular flexibility index (Phi) is 2.63. The smallest absolute Gasteiger partial charge is 0.333 e. The highest BCUT2D eigenvalue weighted by Gasteiger charge is 2.26. The number of nitrogens with two attached hydrogens (primary N) is 1. The molecule has 0 saturated carbocycles. The number of hydrogen-bond donors (Lipinski definition) is 1. The molecule has 1 heterocycles. The first-order chi connectivity index (χ1) is 6.70. The van der Waals surface area contributed by atoms with Crippen LogP contribution < -0.4 is 5.73 Å². The number of halogens is 2. The molecule has 1 aromatic carbocycles. The van der Waals surface area contributed by atoms with Crippen LogP contribution in [0.2, 0.25) is 5.02 Å². The molecule has 0 aromatic heterocycles. The second kappa shape index (κ2) is 3.77. The van der Waals surface area contributed by atoms with E-state index in [9.17, 15) is 4.39 Å². The summed E-state index contributed by atoms with van der Waals surface area (Å²) in [6.45, 7) is 0.344. The van der Waals surface area contributed by atoms with Crippen LogP contribution in [0.5, 0.6) is 0 Å². The van der Waals surface area contributed by atoms with Gasteiger partial charge >= 0.3 is 7.48 Å². The van der Waals surface area contributed by atoms with E-state index in [-0.39, 0.29) is 16.5 Å². The normalized spacial score (nSPS) is 20.9. The maximum atomic E-state index is 13.6. The molecule has 0 bridgehead atoms. The lowest BCUT2D eigenvalue weighted by Crippen LogP contribution is -2.08. The van der Waals surface area contributed by atoms with Gasteiger partial charge in [0, 0.05) is 5.82 Å². The molecule has 2 rings (SSSR count). The van der Waals surface area contributed by atoms with Crippen molar-refractivity contribution in [2.24, 2.45) is 0 Å². The highest BCUT2D eigenvalue weighted by molar-refractivity contribution is 6.34. The zero-order chi connectivity index (χ0) is 10.1. The van der Waals surface area contributed by atoms with Crippen molar-refractivity contribution in [1.82, 2.24) is 0 Å². The molecule has 0 spiro atoms. The molecule has 1 unspecified atom stereocenters. The average molecular weight is 215 g/mol. The van der Waals surface area contributed by atoms with E-state index in [4.69, 9.17) is 27.0 Å². The van der Waals surface area contributed by atoms with E-state index in [0.29, 0.717) is 19.7 Å². The van der Waals surface area contributed by atoms with E-state index in [1.807, 2.05) is 0 Å². The van der Waals surface area contributed by atoms with Gasteiger partial charge in [0.1, 0.15) is 5.82 Å². The fourth-order valence-electron chi connectivity index (χ4n) is 1.38. The molecule has 0 amide bonds. The lowest BCUT2D eigenvalue weighted by Gasteiger charge is -2.09. The molecule has 0 aliphatic carbocycles. The molecule has 1 aromatic rings. The molecule has 1 aliphatic heterocycles. The summed E-state index contributed by atoms with van der Waals surface area (Å²) in [7, 11) is 0.344. The Morgan fingerprint density at radius 3 is 3.00 bits per heavy atom. The zero-order valence-electron chi connectivity index (χ0n) is 7.30. The molecule has 1 atom stereocenters. The Morgan fingerprint density at radius 2 is 2.36 bits per heavy atom. The van der Waals surface area contributed by atoms with Crippen LogP contribution in [-0.2, 0) is 9.69 Å². The largest absolute Gasteiger partial charge is 0.397 e. The molecular formula is C8H8BClFNO2. The van der Waals surface area contributed by atoms with Crippen molar-refractivity contribution in [3.05, 3.63) is 28.5 Å². The quantitative estimate of drug-likeness (QED) is 0.438. The van der Waals surface area contributed by atoms with Crippen LogP contribution in [0.1, 0.15) is 11.4 Å². The van der Waals surface area contributed by atoms with Crippen molar-refractivity contribution in [2.45, 2.75) is 5.82 Å². The highest BCUT2D eigenvalue weighted by atomic mass is 35.5. The van der Waals surface area contributed by atoms with Crippen molar-refractivity contribution >= 4 is 24.8 Å². The Labute approximate surface area is 86.1 Å². The lowest BCUT2D eigenvalue weighted by atomic mass is 9.76. The standard InChI is InChI=1S/C8H8BClFNO2/c10-7-6(12)2-1-4(8(7)11)5-3-13-14-9-5/h1-2,5,9H,3,12H2. The van der Waals surface area contributed by atoms with E-state index in [0.717, 1.165) is 0 Å². The number of nitrogen functional groups attached to an aromatic ring is 1. The van der Waals surface area contributed by atoms with Crippen LogP contribution in [0.4, 0.5) is 10.1 Å². The first kappa shape index (κ1) is 9.77. The molecule has 1 saturated heterocycles. The Bertz CT molecular complexity index is 357. The monoisotopic (exact) mass is 215 g/mol. The third-order valence-corrected chi connectivity index (χ3v) is 2.59. The average Bonchev–Trinajstić information content (AvgIpc) is 2.67. The summed E-state index contributed by atoms with van der Waals surface area (Å²) in [5.41, 5.74) is 6.18. The molecule has 1 fully saturated rings. The predicted molar refractivity (Wildman–Crippen MR) is 52.7 cm³/mol.